The number of allylic oxidation sites excluding steroid dienone is 1. The SMILES string of the molecule is CCCCCCCCCCCC/C=C/C(O)C(CO)NC(=O)CCCCCCCCCCCCOC(=O)CCCCCCCCCCCCCCCCCCCC. The second-order valence-corrected chi connectivity index (χ2v) is 17.5. The molecule has 3 N–H and O–H groups in total. The van der Waals surface area contributed by atoms with E-state index in [0.717, 1.165) is 57.8 Å². The van der Waals surface area contributed by atoms with Gasteiger partial charge in [-0.25, -0.2) is 0 Å². The van der Waals surface area contributed by atoms with E-state index in [9.17, 15) is 19.8 Å². The molecule has 0 aromatic rings. The van der Waals surface area contributed by atoms with Crippen LogP contribution in [0.2, 0.25) is 0 Å². The highest BCUT2D eigenvalue weighted by Gasteiger charge is 2.18. The van der Waals surface area contributed by atoms with E-state index in [-0.39, 0.29) is 18.5 Å². The number of amides is 1. The van der Waals surface area contributed by atoms with Crippen LogP contribution >= 0.6 is 0 Å². The van der Waals surface area contributed by atoms with Crippen molar-refractivity contribution in [2.45, 2.75) is 289 Å². The van der Waals surface area contributed by atoms with Gasteiger partial charge >= 0.3 is 5.97 Å². The minimum Gasteiger partial charge on any atom is -0.466 e. The molecule has 0 heterocycles. The van der Waals surface area contributed by atoms with E-state index in [1.807, 2.05) is 6.08 Å². The second-order valence-electron chi connectivity index (χ2n) is 17.5. The highest BCUT2D eigenvalue weighted by Crippen LogP contribution is 2.16. The van der Waals surface area contributed by atoms with E-state index in [4.69, 9.17) is 4.74 Å². The summed E-state index contributed by atoms with van der Waals surface area (Å²) in [5.41, 5.74) is 0. The van der Waals surface area contributed by atoms with E-state index < -0.39 is 12.1 Å². The Hall–Kier alpha value is -1.40. The number of unbranched alkanes of at least 4 members (excludes halogenated alkanes) is 36. The van der Waals surface area contributed by atoms with E-state index in [0.29, 0.717) is 19.4 Å². The van der Waals surface area contributed by atoms with Crippen LogP contribution in [0.3, 0.4) is 0 Å². The van der Waals surface area contributed by atoms with Crippen molar-refractivity contribution in [3.8, 4) is 0 Å². The molecule has 1 amide bonds. The molecule has 0 rings (SSSR count). The lowest BCUT2D eigenvalue weighted by molar-refractivity contribution is -0.143. The number of hydrogen-bond acceptors (Lipinski definition) is 5. The Labute approximate surface area is 355 Å². The summed E-state index contributed by atoms with van der Waals surface area (Å²) < 4.78 is 5.46. The van der Waals surface area contributed by atoms with Crippen LogP contribution in [-0.4, -0.2) is 47.4 Å². The third kappa shape index (κ3) is 44.0. The molecule has 2 atom stereocenters. The molecule has 0 aliphatic rings. The van der Waals surface area contributed by atoms with Crippen molar-refractivity contribution in [2.24, 2.45) is 0 Å². The van der Waals surface area contributed by atoms with Crippen LogP contribution < -0.4 is 5.32 Å². The molecule has 0 radical (unpaired) electrons. The molecule has 0 saturated carbocycles. The monoisotopic (exact) mass is 806 g/mol. The molecule has 6 heteroatoms. The maximum Gasteiger partial charge on any atom is 0.305 e. The maximum atomic E-state index is 12.4. The number of aliphatic hydroxyl groups excluding tert-OH is 2. The summed E-state index contributed by atoms with van der Waals surface area (Å²) in [7, 11) is 0. The predicted octanol–water partition coefficient (Wildman–Crippen LogP) is 15.0. The molecule has 0 aliphatic carbocycles. The first-order valence-electron chi connectivity index (χ1n) is 25.5. The third-order valence-corrected chi connectivity index (χ3v) is 11.8. The molecular weight excluding hydrogens is 707 g/mol. The number of ether oxygens (including phenoxy) is 1. The zero-order valence-corrected chi connectivity index (χ0v) is 38.3. The zero-order valence-electron chi connectivity index (χ0n) is 38.3. The van der Waals surface area contributed by atoms with Crippen LogP contribution in [0.1, 0.15) is 277 Å². The Balaban J connectivity index is 3.46. The van der Waals surface area contributed by atoms with Crippen LogP contribution in [0.4, 0.5) is 0 Å². The van der Waals surface area contributed by atoms with Gasteiger partial charge in [0.1, 0.15) is 0 Å². The molecule has 57 heavy (non-hydrogen) atoms. The summed E-state index contributed by atoms with van der Waals surface area (Å²) in [6.07, 6.45) is 53.5. The number of nitrogens with one attached hydrogen (secondary N) is 1. The Bertz CT molecular complexity index is 847. The van der Waals surface area contributed by atoms with Crippen molar-refractivity contribution in [3.05, 3.63) is 12.2 Å². The maximum absolute atomic E-state index is 12.4. The summed E-state index contributed by atoms with van der Waals surface area (Å²) in [6.45, 7) is 4.85. The molecule has 0 aromatic carbocycles. The third-order valence-electron chi connectivity index (χ3n) is 11.8. The summed E-state index contributed by atoms with van der Waals surface area (Å²) in [6, 6.07) is -0.642. The first-order valence-corrected chi connectivity index (χ1v) is 25.5. The van der Waals surface area contributed by atoms with E-state index in [1.165, 1.54) is 193 Å². The standard InChI is InChI=1S/C51H99NO5/c1-3-5-7-9-11-13-15-17-18-19-20-21-22-24-29-33-37-41-45-51(56)57-46-42-38-34-30-26-25-28-32-36-40-44-50(55)52-48(47-53)49(54)43-39-35-31-27-23-16-14-12-10-8-6-4-2/h39,43,48-49,53-54H,3-38,40-42,44-47H2,1-2H3,(H,52,55)/b43-39+. The van der Waals surface area contributed by atoms with Gasteiger partial charge < -0.3 is 20.3 Å². The van der Waals surface area contributed by atoms with E-state index in [2.05, 4.69) is 19.2 Å². The van der Waals surface area contributed by atoms with Gasteiger partial charge in [-0.3, -0.25) is 9.59 Å². The summed E-state index contributed by atoms with van der Waals surface area (Å²) >= 11 is 0. The molecule has 2 unspecified atom stereocenters. The van der Waals surface area contributed by atoms with Crippen LogP contribution in [0.25, 0.3) is 0 Å². The topological polar surface area (TPSA) is 95.9 Å². The lowest BCUT2D eigenvalue weighted by Gasteiger charge is -2.20. The van der Waals surface area contributed by atoms with Gasteiger partial charge in [-0.05, 0) is 32.1 Å². The normalized spacial score (nSPS) is 12.7. The molecule has 338 valence electrons. The van der Waals surface area contributed by atoms with Crippen LogP contribution in [-0.2, 0) is 14.3 Å². The number of aliphatic hydroxyl groups is 2. The highest BCUT2D eigenvalue weighted by molar-refractivity contribution is 5.76. The van der Waals surface area contributed by atoms with Crippen molar-refractivity contribution in [2.75, 3.05) is 13.2 Å². The Morgan fingerprint density at radius 1 is 0.474 bits per heavy atom. The van der Waals surface area contributed by atoms with E-state index >= 15 is 0 Å². The van der Waals surface area contributed by atoms with Crippen molar-refractivity contribution in [3.63, 3.8) is 0 Å². The fraction of sp³-hybridized carbons (Fsp3) is 0.922. The smallest absolute Gasteiger partial charge is 0.305 e. The highest BCUT2D eigenvalue weighted by atomic mass is 16.5. The molecule has 6 nitrogen and oxygen atoms in total. The first-order chi connectivity index (χ1) is 28.0. The van der Waals surface area contributed by atoms with Crippen LogP contribution in [0.5, 0.6) is 0 Å². The average molecular weight is 806 g/mol. The zero-order chi connectivity index (χ0) is 41.5. The minimum atomic E-state index is -0.856. The molecule has 0 aromatic heterocycles. The largest absolute Gasteiger partial charge is 0.466 e. The van der Waals surface area contributed by atoms with Crippen molar-refractivity contribution < 1.29 is 24.5 Å². The van der Waals surface area contributed by atoms with Gasteiger partial charge in [0.2, 0.25) is 5.91 Å². The fourth-order valence-corrected chi connectivity index (χ4v) is 7.87. The number of carbonyl (C=O) groups is 2. The van der Waals surface area contributed by atoms with Gasteiger partial charge in [-0.1, -0.05) is 244 Å². The van der Waals surface area contributed by atoms with Crippen LogP contribution in [0.15, 0.2) is 12.2 Å². The molecule has 0 spiro atoms. The minimum absolute atomic E-state index is 0.0167. The van der Waals surface area contributed by atoms with Gasteiger partial charge in [0, 0.05) is 12.8 Å². The van der Waals surface area contributed by atoms with Gasteiger partial charge in [-0.15, -0.1) is 0 Å². The summed E-state index contributed by atoms with van der Waals surface area (Å²) in [5, 5.41) is 23.0. The number of esters is 1. The quantitative estimate of drug-likeness (QED) is 0.0323. The number of hydrogen-bond donors (Lipinski definition) is 3. The fourth-order valence-electron chi connectivity index (χ4n) is 7.87. The molecule has 0 saturated heterocycles. The number of rotatable bonds is 47. The first kappa shape index (κ1) is 55.6. The average Bonchev–Trinajstić information content (AvgIpc) is 3.21. The van der Waals surface area contributed by atoms with Gasteiger partial charge in [0.05, 0.1) is 25.4 Å². The van der Waals surface area contributed by atoms with Crippen molar-refractivity contribution in [1.29, 1.82) is 0 Å². The lowest BCUT2D eigenvalue weighted by Crippen LogP contribution is -2.45. The van der Waals surface area contributed by atoms with Gasteiger partial charge in [0.25, 0.3) is 0 Å². The Morgan fingerprint density at radius 3 is 1.19 bits per heavy atom. The van der Waals surface area contributed by atoms with Crippen molar-refractivity contribution >= 4 is 11.9 Å². The Morgan fingerprint density at radius 2 is 0.807 bits per heavy atom. The predicted molar refractivity (Wildman–Crippen MR) is 246 cm³/mol. The molecular formula is C51H99NO5. The van der Waals surface area contributed by atoms with Gasteiger partial charge in [0.15, 0.2) is 0 Å². The van der Waals surface area contributed by atoms with E-state index in [1.54, 1.807) is 6.08 Å². The molecule has 0 fully saturated rings. The van der Waals surface area contributed by atoms with Crippen LogP contribution in [0, 0.1) is 0 Å². The second kappa shape index (κ2) is 47.3. The lowest BCUT2D eigenvalue weighted by atomic mass is 10.0. The summed E-state index contributed by atoms with van der Waals surface area (Å²) in [5.74, 6) is -0.107. The van der Waals surface area contributed by atoms with Crippen molar-refractivity contribution in [1.82, 2.24) is 5.32 Å². The Kier molecular flexibility index (Phi) is 46.1. The van der Waals surface area contributed by atoms with Gasteiger partial charge in [-0.2, -0.15) is 0 Å². The molecule has 0 aliphatic heterocycles. The number of carbonyl (C=O) groups excluding carboxylic acids is 2. The molecule has 0 bridgehead atoms. The summed E-state index contributed by atoms with van der Waals surface area (Å²) in [4.78, 5) is 24.5.